The van der Waals surface area contributed by atoms with Crippen LogP contribution in [0.5, 0.6) is 11.5 Å². The molecule has 0 aliphatic rings. The van der Waals surface area contributed by atoms with Crippen molar-refractivity contribution in [1.82, 2.24) is 10.4 Å². The van der Waals surface area contributed by atoms with Crippen LogP contribution in [0.4, 0.5) is 0 Å². The minimum atomic E-state index is -0.365. The lowest BCUT2D eigenvalue weighted by molar-refractivity contribution is 0.0954. The first kappa shape index (κ1) is 14.5. The highest BCUT2D eigenvalue weighted by Crippen LogP contribution is 2.23. The van der Waals surface area contributed by atoms with Crippen molar-refractivity contribution in [2.45, 2.75) is 6.92 Å². The van der Waals surface area contributed by atoms with E-state index >= 15 is 0 Å². The normalized spacial score (nSPS) is 11.0. The minimum absolute atomic E-state index is 0.0335. The number of rotatable bonds is 4. The van der Waals surface area contributed by atoms with Gasteiger partial charge in [-0.25, -0.2) is 5.43 Å². The third-order valence-corrected chi connectivity index (χ3v) is 2.84. The molecule has 0 saturated heterocycles. The Labute approximate surface area is 122 Å². The number of phenols is 1. The monoisotopic (exact) mass is 285 g/mol. The number of methoxy groups -OCH3 is 1. The summed E-state index contributed by atoms with van der Waals surface area (Å²) in [6, 6.07) is 8.16. The smallest absolute Gasteiger partial charge is 0.272 e. The van der Waals surface area contributed by atoms with Crippen LogP contribution in [-0.4, -0.2) is 28.8 Å². The molecule has 0 aliphatic heterocycles. The number of aromatic hydroxyl groups is 1. The fourth-order valence-electron chi connectivity index (χ4n) is 1.70. The van der Waals surface area contributed by atoms with Crippen LogP contribution in [0.2, 0.25) is 0 Å². The highest BCUT2D eigenvalue weighted by molar-refractivity contribution is 6.02. The predicted molar refractivity (Wildman–Crippen MR) is 78.6 cm³/mol. The zero-order chi connectivity index (χ0) is 15.2. The van der Waals surface area contributed by atoms with Crippen LogP contribution >= 0.6 is 0 Å². The Bertz CT molecular complexity index is 669. The molecule has 21 heavy (non-hydrogen) atoms. The second kappa shape index (κ2) is 6.51. The molecule has 1 heterocycles. The molecular weight excluding hydrogens is 270 g/mol. The van der Waals surface area contributed by atoms with E-state index in [2.05, 4.69) is 15.5 Å². The number of aromatic nitrogens is 1. The van der Waals surface area contributed by atoms with Crippen molar-refractivity contribution in [3.05, 3.63) is 53.9 Å². The maximum absolute atomic E-state index is 11.8. The Morgan fingerprint density at radius 2 is 2.19 bits per heavy atom. The Hall–Kier alpha value is -2.89. The molecule has 6 heteroatoms. The van der Waals surface area contributed by atoms with Crippen molar-refractivity contribution < 1.29 is 14.6 Å². The molecule has 2 aromatic rings. The molecule has 6 nitrogen and oxygen atoms in total. The van der Waals surface area contributed by atoms with Crippen molar-refractivity contribution >= 4 is 11.6 Å². The van der Waals surface area contributed by atoms with Gasteiger partial charge in [-0.1, -0.05) is 0 Å². The van der Waals surface area contributed by atoms with Gasteiger partial charge in [0.2, 0.25) is 0 Å². The number of carbonyl (C=O) groups excluding carboxylic acids is 1. The lowest BCUT2D eigenvalue weighted by Crippen LogP contribution is -2.19. The molecule has 0 unspecified atom stereocenters. The summed E-state index contributed by atoms with van der Waals surface area (Å²) in [5, 5.41) is 13.9. The van der Waals surface area contributed by atoms with Crippen LogP contribution in [-0.2, 0) is 0 Å². The quantitative estimate of drug-likeness (QED) is 0.664. The molecule has 0 spiro atoms. The van der Waals surface area contributed by atoms with Crippen LogP contribution in [0.25, 0.3) is 0 Å². The third-order valence-electron chi connectivity index (χ3n) is 2.84. The number of hydrazone groups is 1. The van der Waals surface area contributed by atoms with Crippen molar-refractivity contribution in [3.63, 3.8) is 0 Å². The van der Waals surface area contributed by atoms with Crippen LogP contribution in [0.1, 0.15) is 22.8 Å². The van der Waals surface area contributed by atoms with Crippen LogP contribution < -0.4 is 10.2 Å². The Morgan fingerprint density at radius 3 is 2.81 bits per heavy atom. The molecule has 0 fully saturated rings. The minimum Gasteiger partial charge on any atom is -0.507 e. The summed E-state index contributed by atoms with van der Waals surface area (Å²) < 4.78 is 5.01. The SMILES string of the molecule is COc1ccc(/C(C)=N/NC(=O)c2cccnc2)c(O)c1. The highest BCUT2D eigenvalue weighted by atomic mass is 16.5. The standard InChI is InChI=1S/C15H15N3O3/c1-10(13-6-5-12(21-2)8-14(13)19)17-18-15(20)11-4-3-7-16-9-11/h3-9,19H,1-2H3,(H,18,20)/b17-10+. The van der Waals surface area contributed by atoms with Gasteiger partial charge >= 0.3 is 0 Å². The maximum Gasteiger partial charge on any atom is 0.272 e. The van der Waals surface area contributed by atoms with E-state index in [4.69, 9.17) is 4.74 Å². The first-order valence-corrected chi connectivity index (χ1v) is 6.24. The van der Waals surface area contributed by atoms with Crippen LogP contribution in [0.3, 0.4) is 0 Å². The van der Waals surface area contributed by atoms with Crippen LogP contribution in [0, 0.1) is 0 Å². The molecular formula is C15H15N3O3. The van der Waals surface area contributed by atoms with E-state index in [0.29, 0.717) is 22.6 Å². The second-order valence-corrected chi connectivity index (χ2v) is 4.26. The zero-order valence-electron chi connectivity index (χ0n) is 11.7. The van der Waals surface area contributed by atoms with E-state index in [1.165, 1.54) is 19.4 Å². The maximum atomic E-state index is 11.8. The summed E-state index contributed by atoms with van der Waals surface area (Å²) >= 11 is 0. The number of nitrogens with one attached hydrogen (secondary N) is 1. The van der Waals surface area contributed by atoms with E-state index in [1.807, 2.05) is 0 Å². The Kier molecular flexibility index (Phi) is 4.50. The first-order valence-electron chi connectivity index (χ1n) is 6.24. The summed E-state index contributed by atoms with van der Waals surface area (Å²) in [5.74, 6) is 0.213. The number of hydrogen-bond acceptors (Lipinski definition) is 5. The van der Waals surface area contributed by atoms with Gasteiger partial charge < -0.3 is 9.84 Å². The molecule has 2 N–H and O–H groups in total. The molecule has 1 aromatic carbocycles. The number of ether oxygens (including phenoxy) is 1. The lowest BCUT2D eigenvalue weighted by atomic mass is 10.1. The van der Waals surface area contributed by atoms with E-state index < -0.39 is 0 Å². The number of carbonyl (C=O) groups is 1. The predicted octanol–water partition coefficient (Wildman–Crippen LogP) is 1.95. The largest absolute Gasteiger partial charge is 0.507 e. The summed E-state index contributed by atoms with van der Waals surface area (Å²) in [6.07, 6.45) is 3.03. The summed E-state index contributed by atoms with van der Waals surface area (Å²) in [4.78, 5) is 15.7. The molecule has 0 aliphatic carbocycles. The fraction of sp³-hybridized carbons (Fsp3) is 0.133. The molecule has 0 saturated carbocycles. The average Bonchev–Trinajstić information content (AvgIpc) is 2.52. The van der Waals surface area contributed by atoms with Crippen molar-refractivity contribution in [2.24, 2.45) is 5.10 Å². The topological polar surface area (TPSA) is 83.8 Å². The number of hydrogen-bond donors (Lipinski definition) is 2. The molecule has 1 aromatic heterocycles. The summed E-state index contributed by atoms with van der Waals surface area (Å²) in [7, 11) is 1.52. The van der Waals surface area contributed by atoms with E-state index in [1.54, 1.807) is 37.4 Å². The van der Waals surface area contributed by atoms with Crippen molar-refractivity contribution in [1.29, 1.82) is 0 Å². The third kappa shape index (κ3) is 3.56. The van der Waals surface area contributed by atoms with Gasteiger partial charge in [-0.3, -0.25) is 9.78 Å². The highest BCUT2D eigenvalue weighted by Gasteiger charge is 2.08. The number of pyridine rings is 1. The van der Waals surface area contributed by atoms with Crippen molar-refractivity contribution in [2.75, 3.05) is 7.11 Å². The van der Waals surface area contributed by atoms with E-state index in [-0.39, 0.29) is 11.7 Å². The molecule has 0 bridgehead atoms. The van der Waals surface area contributed by atoms with Gasteiger partial charge in [-0.15, -0.1) is 0 Å². The van der Waals surface area contributed by atoms with Gasteiger partial charge in [0.25, 0.3) is 5.91 Å². The first-order chi connectivity index (χ1) is 10.1. The molecule has 1 amide bonds. The van der Waals surface area contributed by atoms with Crippen LogP contribution in [0.15, 0.2) is 47.8 Å². The van der Waals surface area contributed by atoms with Gasteiger partial charge in [0.15, 0.2) is 0 Å². The van der Waals surface area contributed by atoms with Gasteiger partial charge in [-0.2, -0.15) is 5.10 Å². The Morgan fingerprint density at radius 1 is 1.38 bits per heavy atom. The fourth-order valence-corrected chi connectivity index (χ4v) is 1.70. The van der Waals surface area contributed by atoms with Gasteiger partial charge in [-0.05, 0) is 31.2 Å². The number of amides is 1. The molecule has 108 valence electrons. The van der Waals surface area contributed by atoms with Gasteiger partial charge in [0.05, 0.1) is 18.4 Å². The van der Waals surface area contributed by atoms with E-state index in [0.717, 1.165) is 0 Å². The average molecular weight is 285 g/mol. The summed E-state index contributed by atoms with van der Waals surface area (Å²) in [5.41, 5.74) is 3.82. The molecule has 0 radical (unpaired) electrons. The second-order valence-electron chi connectivity index (χ2n) is 4.26. The van der Waals surface area contributed by atoms with E-state index in [9.17, 15) is 9.90 Å². The lowest BCUT2D eigenvalue weighted by Gasteiger charge is -2.07. The number of phenolic OH excluding ortho intramolecular Hbond substituents is 1. The molecule has 0 atom stereocenters. The zero-order valence-corrected chi connectivity index (χ0v) is 11.7. The van der Waals surface area contributed by atoms with Crippen molar-refractivity contribution in [3.8, 4) is 11.5 Å². The van der Waals surface area contributed by atoms with Gasteiger partial charge in [0.1, 0.15) is 11.5 Å². The Balaban J connectivity index is 2.13. The number of nitrogens with zero attached hydrogens (tertiary/aromatic N) is 2. The van der Waals surface area contributed by atoms with Gasteiger partial charge in [0, 0.05) is 24.0 Å². The summed E-state index contributed by atoms with van der Waals surface area (Å²) in [6.45, 7) is 1.69. The molecule has 2 rings (SSSR count). The number of benzene rings is 1.